The third-order valence-electron chi connectivity index (χ3n) is 4.80. The van der Waals surface area contributed by atoms with Crippen LogP contribution >= 0.6 is 0 Å². The van der Waals surface area contributed by atoms with E-state index >= 15 is 0 Å². The van der Waals surface area contributed by atoms with E-state index in [4.69, 9.17) is 0 Å². The van der Waals surface area contributed by atoms with Crippen molar-refractivity contribution in [1.29, 1.82) is 0 Å². The van der Waals surface area contributed by atoms with E-state index in [-0.39, 0.29) is 10.8 Å². The lowest BCUT2D eigenvalue weighted by Gasteiger charge is -2.25. The summed E-state index contributed by atoms with van der Waals surface area (Å²) in [4.78, 5) is 16.8. The van der Waals surface area contributed by atoms with Gasteiger partial charge in [0.2, 0.25) is 5.91 Å². The van der Waals surface area contributed by atoms with E-state index in [2.05, 4.69) is 10.3 Å². The molecule has 1 N–H and O–H groups in total. The first-order chi connectivity index (χ1) is 13.0. The molecule has 1 atom stereocenters. The summed E-state index contributed by atoms with van der Waals surface area (Å²) in [5, 5.41) is 4.37. The predicted molar refractivity (Wildman–Crippen MR) is 103 cm³/mol. The monoisotopic (exact) mass is 384 g/mol. The summed E-state index contributed by atoms with van der Waals surface area (Å²) >= 11 is 0. The van der Waals surface area contributed by atoms with Gasteiger partial charge in [0, 0.05) is 30.9 Å². The highest BCUT2D eigenvalue weighted by molar-refractivity contribution is 7.93. The molecule has 1 amide bonds. The molecule has 0 saturated carbocycles. The zero-order valence-electron chi connectivity index (χ0n) is 14.9. The Hall–Kier alpha value is -2.87. The minimum absolute atomic E-state index is 0.260. The lowest BCUT2D eigenvalue weighted by molar-refractivity contribution is -0.121. The third-order valence-corrected chi connectivity index (χ3v) is 6.73. The van der Waals surface area contributed by atoms with Gasteiger partial charge in [0.1, 0.15) is 6.04 Å². The molecular formula is C19H20N4O3S. The van der Waals surface area contributed by atoms with Crippen LogP contribution in [0.2, 0.25) is 0 Å². The number of amides is 1. The molecule has 2 aromatic carbocycles. The first-order valence-corrected chi connectivity index (χ1v) is 10.2. The molecule has 0 saturated heterocycles. The summed E-state index contributed by atoms with van der Waals surface area (Å²) < 4.78 is 29.2. The summed E-state index contributed by atoms with van der Waals surface area (Å²) in [7, 11) is -3.75. The van der Waals surface area contributed by atoms with Crippen molar-refractivity contribution < 1.29 is 13.2 Å². The van der Waals surface area contributed by atoms with Crippen molar-refractivity contribution in [2.75, 3.05) is 10.8 Å². The number of benzene rings is 2. The number of carbonyl (C=O) groups excluding carboxylic acids is 1. The molecule has 7 nitrogen and oxygen atoms in total. The van der Waals surface area contributed by atoms with Crippen LogP contribution in [0.5, 0.6) is 0 Å². The Bertz CT molecular complexity index is 1090. The Balaban J connectivity index is 1.51. The quantitative estimate of drug-likeness (QED) is 0.660. The molecule has 140 valence electrons. The zero-order chi connectivity index (χ0) is 19.0. The molecule has 8 heteroatoms. The zero-order valence-corrected chi connectivity index (χ0v) is 15.7. The fraction of sp³-hybridized carbons (Fsp3) is 0.263. The van der Waals surface area contributed by atoms with E-state index in [1.54, 1.807) is 37.6 Å². The van der Waals surface area contributed by atoms with Crippen molar-refractivity contribution in [1.82, 2.24) is 14.9 Å². The second kappa shape index (κ2) is 6.70. The van der Waals surface area contributed by atoms with Gasteiger partial charge in [-0.3, -0.25) is 9.10 Å². The first kappa shape index (κ1) is 17.5. The number of imidazole rings is 1. The van der Waals surface area contributed by atoms with Crippen LogP contribution in [0, 0.1) is 0 Å². The highest BCUT2D eigenvalue weighted by Crippen LogP contribution is 2.43. The predicted octanol–water partition coefficient (Wildman–Crippen LogP) is 2.14. The van der Waals surface area contributed by atoms with E-state index < -0.39 is 16.1 Å². The van der Waals surface area contributed by atoms with Gasteiger partial charge >= 0.3 is 0 Å². The van der Waals surface area contributed by atoms with Crippen LogP contribution in [-0.2, 0) is 21.4 Å². The summed E-state index contributed by atoms with van der Waals surface area (Å²) in [5.74, 6) is -0.311. The average molecular weight is 384 g/mol. The lowest BCUT2D eigenvalue weighted by atomic mass is 10.1. The highest BCUT2D eigenvalue weighted by Gasteiger charge is 2.40. The maximum Gasteiger partial charge on any atom is 0.265 e. The van der Waals surface area contributed by atoms with Gasteiger partial charge in [-0.25, -0.2) is 13.4 Å². The van der Waals surface area contributed by atoms with Crippen molar-refractivity contribution in [2.24, 2.45) is 0 Å². The van der Waals surface area contributed by atoms with Gasteiger partial charge in [-0.15, -0.1) is 0 Å². The van der Waals surface area contributed by atoms with Gasteiger partial charge in [-0.1, -0.05) is 24.3 Å². The fourth-order valence-corrected chi connectivity index (χ4v) is 5.35. The number of nitrogens with zero attached hydrogens (tertiary/aromatic N) is 3. The molecule has 0 bridgehead atoms. The summed E-state index contributed by atoms with van der Waals surface area (Å²) in [6, 6.07) is 9.80. The van der Waals surface area contributed by atoms with Crippen molar-refractivity contribution in [3.8, 4) is 0 Å². The average Bonchev–Trinajstić information content (AvgIpc) is 3.25. The standard InChI is InChI=1S/C19H20N4O3S/c1-14(19(24)21-9-4-11-22-12-10-20-13-22)23-16-7-2-5-15-6-3-8-17(18(15)16)27(23,25)26/h2-3,5-8,10,12-14H,4,9,11H2,1H3,(H,21,24)/t14-/m0/s1. The number of hydrogen-bond acceptors (Lipinski definition) is 4. The van der Waals surface area contributed by atoms with Crippen LogP contribution in [0.25, 0.3) is 10.8 Å². The molecule has 2 heterocycles. The summed E-state index contributed by atoms with van der Waals surface area (Å²) in [6.45, 7) is 2.82. The number of anilines is 1. The van der Waals surface area contributed by atoms with Crippen LogP contribution in [0.1, 0.15) is 13.3 Å². The van der Waals surface area contributed by atoms with Gasteiger partial charge in [-0.05, 0) is 30.9 Å². The maximum atomic E-state index is 13.0. The van der Waals surface area contributed by atoms with Crippen LogP contribution in [-0.4, -0.2) is 36.5 Å². The first-order valence-electron chi connectivity index (χ1n) is 8.80. The minimum atomic E-state index is -3.75. The Morgan fingerprint density at radius 3 is 2.74 bits per heavy atom. The number of hydrogen-bond donors (Lipinski definition) is 1. The second-order valence-corrected chi connectivity index (χ2v) is 8.34. The van der Waals surface area contributed by atoms with Gasteiger partial charge in [0.25, 0.3) is 10.0 Å². The van der Waals surface area contributed by atoms with Crippen molar-refractivity contribution in [3.05, 3.63) is 55.1 Å². The fourth-order valence-electron chi connectivity index (χ4n) is 3.48. The summed E-state index contributed by atoms with van der Waals surface area (Å²) in [5.41, 5.74) is 0.559. The molecule has 0 aliphatic carbocycles. The minimum Gasteiger partial charge on any atom is -0.354 e. The smallest absolute Gasteiger partial charge is 0.265 e. The number of nitrogens with one attached hydrogen (secondary N) is 1. The molecule has 3 aromatic rings. The molecule has 27 heavy (non-hydrogen) atoms. The maximum absolute atomic E-state index is 13.0. The largest absolute Gasteiger partial charge is 0.354 e. The number of aryl methyl sites for hydroxylation is 1. The lowest BCUT2D eigenvalue weighted by Crippen LogP contribution is -2.47. The Labute approximate surface area is 157 Å². The van der Waals surface area contributed by atoms with Crippen LogP contribution in [0.15, 0.2) is 60.0 Å². The topological polar surface area (TPSA) is 84.3 Å². The van der Waals surface area contributed by atoms with E-state index in [1.165, 1.54) is 4.31 Å². The van der Waals surface area contributed by atoms with Crippen LogP contribution in [0.4, 0.5) is 5.69 Å². The molecule has 1 aliphatic heterocycles. The van der Waals surface area contributed by atoms with Gasteiger partial charge < -0.3 is 9.88 Å². The van der Waals surface area contributed by atoms with E-state index in [9.17, 15) is 13.2 Å². The Kier molecular flexibility index (Phi) is 4.35. The molecule has 1 aromatic heterocycles. The molecule has 1 aliphatic rings. The normalized spacial score (nSPS) is 15.8. The van der Waals surface area contributed by atoms with Crippen molar-refractivity contribution in [2.45, 2.75) is 30.8 Å². The molecule has 0 radical (unpaired) electrons. The molecule has 4 rings (SSSR count). The second-order valence-electron chi connectivity index (χ2n) is 6.55. The van der Waals surface area contributed by atoms with Crippen molar-refractivity contribution >= 4 is 32.4 Å². The summed E-state index contributed by atoms with van der Waals surface area (Å²) in [6.07, 6.45) is 6.02. The van der Waals surface area contributed by atoms with E-state index in [0.717, 1.165) is 18.4 Å². The SMILES string of the molecule is C[C@@H](C(=O)NCCCn1ccnc1)N1c2cccc3cccc(c23)S1(=O)=O. The van der Waals surface area contributed by atoms with Gasteiger partial charge in [0.05, 0.1) is 16.9 Å². The van der Waals surface area contributed by atoms with Gasteiger partial charge in [0.15, 0.2) is 0 Å². The van der Waals surface area contributed by atoms with Gasteiger partial charge in [-0.2, -0.15) is 0 Å². The number of aromatic nitrogens is 2. The molecule has 0 fully saturated rings. The van der Waals surface area contributed by atoms with E-state index in [1.807, 2.05) is 29.0 Å². The molecular weight excluding hydrogens is 364 g/mol. The molecule has 0 unspecified atom stereocenters. The Morgan fingerprint density at radius 1 is 1.22 bits per heavy atom. The van der Waals surface area contributed by atoms with E-state index in [0.29, 0.717) is 17.6 Å². The van der Waals surface area contributed by atoms with Crippen molar-refractivity contribution in [3.63, 3.8) is 0 Å². The van der Waals surface area contributed by atoms with Crippen LogP contribution in [0.3, 0.4) is 0 Å². The number of sulfonamides is 1. The number of carbonyl (C=O) groups is 1. The Morgan fingerprint density at radius 2 is 2.00 bits per heavy atom. The third kappa shape index (κ3) is 2.95. The molecule has 0 spiro atoms. The van der Waals surface area contributed by atoms with Crippen LogP contribution < -0.4 is 9.62 Å². The number of rotatable bonds is 6. The highest BCUT2D eigenvalue weighted by atomic mass is 32.2.